The van der Waals surface area contributed by atoms with Crippen molar-refractivity contribution in [3.05, 3.63) is 29.6 Å². The van der Waals surface area contributed by atoms with E-state index in [1.54, 1.807) is 0 Å². The standard InChI is InChI=1S/C16H27N3/c1-16(2,3)18-10-14-7-8-15(17-9-14)12-19(4)11-13-5-6-13/h7-9,13,18H,5-6,10-12H2,1-4H3. The Morgan fingerprint density at radius 1 is 1.32 bits per heavy atom. The number of pyridine rings is 1. The van der Waals surface area contributed by atoms with Gasteiger partial charge in [-0.3, -0.25) is 4.98 Å². The van der Waals surface area contributed by atoms with Crippen LogP contribution in [-0.2, 0) is 13.1 Å². The largest absolute Gasteiger partial charge is 0.308 e. The molecule has 1 aliphatic rings. The van der Waals surface area contributed by atoms with E-state index in [4.69, 9.17) is 0 Å². The molecule has 2 rings (SSSR count). The average molecular weight is 261 g/mol. The van der Waals surface area contributed by atoms with E-state index in [0.717, 1.165) is 19.0 Å². The average Bonchev–Trinajstić information content (AvgIpc) is 3.11. The Bertz CT molecular complexity index is 387. The van der Waals surface area contributed by atoms with E-state index < -0.39 is 0 Å². The molecule has 0 atom stereocenters. The van der Waals surface area contributed by atoms with E-state index in [-0.39, 0.29) is 5.54 Å². The molecule has 0 bridgehead atoms. The smallest absolute Gasteiger partial charge is 0.0544 e. The minimum atomic E-state index is 0.156. The monoisotopic (exact) mass is 261 g/mol. The highest BCUT2D eigenvalue weighted by Gasteiger charge is 2.22. The van der Waals surface area contributed by atoms with Crippen LogP contribution in [0, 0.1) is 5.92 Å². The number of rotatable bonds is 6. The Hall–Kier alpha value is -0.930. The zero-order chi connectivity index (χ0) is 13.9. The molecule has 0 radical (unpaired) electrons. The molecule has 0 aromatic carbocycles. The summed E-state index contributed by atoms with van der Waals surface area (Å²) >= 11 is 0. The van der Waals surface area contributed by atoms with E-state index in [9.17, 15) is 0 Å². The summed E-state index contributed by atoms with van der Waals surface area (Å²) < 4.78 is 0. The van der Waals surface area contributed by atoms with Gasteiger partial charge >= 0.3 is 0 Å². The van der Waals surface area contributed by atoms with E-state index in [1.165, 1.54) is 30.6 Å². The molecule has 1 heterocycles. The molecule has 1 N–H and O–H groups in total. The topological polar surface area (TPSA) is 28.2 Å². The van der Waals surface area contributed by atoms with Crippen LogP contribution in [-0.4, -0.2) is 29.0 Å². The predicted octanol–water partition coefficient (Wildman–Crippen LogP) is 2.81. The third-order valence-electron chi connectivity index (χ3n) is 3.41. The van der Waals surface area contributed by atoms with Crippen LogP contribution in [0.1, 0.15) is 44.9 Å². The van der Waals surface area contributed by atoms with Crippen LogP contribution in [0.3, 0.4) is 0 Å². The Morgan fingerprint density at radius 2 is 2.05 bits per heavy atom. The van der Waals surface area contributed by atoms with Gasteiger partial charge in [0.1, 0.15) is 0 Å². The van der Waals surface area contributed by atoms with Gasteiger partial charge in [-0.2, -0.15) is 0 Å². The molecule has 1 fully saturated rings. The number of nitrogens with one attached hydrogen (secondary N) is 1. The summed E-state index contributed by atoms with van der Waals surface area (Å²) in [4.78, 5) is 6.95. The van der Waals surface area contributed by atoms with Gasteiger partial charge in [-0.05, 0) is 58.2 Å². The van der Waals surface area contributed by atoms with Gasteiger partial charge in [0, 0.05) is 31.4 Å². The molecule has 1 aromatic heterocycles. The second-order valence-corrected chi connectivity index (χ2v) is 6.90. The molecule has 1 aromatic rings. The first-order chi connectivity index (χ1) is 8.92. The second-order valence-electron chi connectivity index (χ2n) is 6.90. The van der Waals surface area contributed by atoms with Gasteiger partial charge in [0.2, 0.25) is 0 Å². The Balaban J connectivity index is 1.80. The second kappa shape index (κ2) is 6.02. The lowest BCUT2D eigenvalue weighted by Crippen LogP contribution is -2.35. The molecule has 0 unspecified atom stereocenters. The van der Waals surface area contributed by atoms with Crippen molar-refractivity contribution in [2.45, 2.75) is 52.2 Å². The normalized spacial score (nSPS) is 16.1. The minimum absolute atomic E-state index is 0.156. The van der Waals surface area contributed by atoms with Gasteiger partial charge < -0.3 is 10.2 Å². The summed E-state index contributed by atoms with van der Waals surface area (Å²) in [6.45, 7) is 9.61. The predicted molar refractivity (Wildman–Crippen MR) is 79.9 cm³/mol. The van der Waals surface area contributed by atoms with Crippen molar-refractivity contribution in [3.63, 3.8) is 0 Å². The zero-order valence-electron chi connectivity index (χ0n) is 12.7. The first-order valence-corrected chi connectivity index (χ1v) is 7.30. The SMILES string of the molecule is CN(Cc1ccc(CNC(C)(C)C)cn1)CC1CC1. The van der Waals surface area contributed by atoms with Gasteiger partial charge in [0.15, 0.2) is 0 Å². The van der Waals surface area contributed by atoms with Crippen LogP contribution >= 0.6 is 0 Å². The molecule has 0 aliphatic heterocycles. The van der Waals surface area contributed by atoms with Crippen LogP contribution in [0.15, 0.2) is 18.3 Å². The molecule has 0 amide bonds. The molecular weight excluding hydrogens is 234 g/mol. The number of hydrogen-bond donors (Lipinski definition) is 1. The molecule has 3 nitrogen and oxygen atoms in total. The Kier molecular flexibility index (Phi) is 4.58. The van der Waals surface area contributed by atoms with Crippen molar-refractivity contribution < 1.29 is 0 Å². The van der Waals surface area contributed by atoms with Gasteiger partial charge in [0.25, 0.3) is 0 Å². The van der Waals surface area contributed by atoms with E-state index >= 15 is 0 Å². The molecule has 0 saturated heterocycles. The number of nitrogens with zero attached hydrogens (tertiary/aromatic N) is 2. The van der Waals surface area contributed by atoms with E-state index in [0.29, 0.717) is 0 Å². The van der Waals surface area contributed by atoms with Crippen LogP contribution in [0.25, 0.3) is 0 Å². The summed E-state index contributed by atoms with van der Waals surface area (Å²) in [5.74, 6) is 0.945. The summed E-state index contributed by atoms with van der Waals surface area (Å²) in [7, 11) is 2.19. The van der Waals surface area contributed by atoms with Crippen LogP contribution in [0.2, 0.25) is 0 Å². The van der Waals surface area contributed by atoms with Gasteiger partial charge in [-0.25, -0.2) is 0 Å². The first kappa shape index (κ1) is 14.5. The minimum Gasteiger partial charge on any atom is -0.308 e. The molecule has 1 aliphatic carbocycles. The van der Waals surface area contributed by atoms with E-state index in [1.807, 2.05) is 6.20 Å². The summed E-state index contributed by atoms with van der Waals surface area (Å²) in [6.07, 6.45) is 4.82. The van der Waals surface area contributed by atoms with Crippen molar-refractivity contribution in [3.8, 4) is 0 Å². The Morgan fingerprint density at radius 3 is 2.58 bits per heavy atom. The molecule has 1 saturated carbocycles. The number of hydrogen-bond acceptors (Lipinski definition) is 3. The fraction of sp³-hybridized carbons (Fsp3) is 0.688. The highest BCUT2D eigenvalue weighted by atomic mass is 15.1. The zero-order valence-corrected chi connectivity index (χ0v) is 12.7. The highest BCUT2D eigenvalue weighted by molar-refractivity contribution is 5.14. The van der Waals surface area contributed by atoms with Crippen molar-refractivity contribution in [2.24, 2.45) is 5.92 Å². The maximum Gasteiger partial charge on any atom is 0.0544 e. The fourth-order valence-corrected chi connectivity index (χ4v) is 2.10. The lowest BCUT2D eigenvalue weighted by molar-refractivity contribution is 0.309. The Labute approximate surface area is 117 Å². The summed E-state index contributed by atoms with van der Waals surface area (Å²) in [5, 5.41) is 3.48. The van der Waals surface area contributed by atoms with Gasteiger partial charge in [-0.15, -0.1) is 0 Å². The molecule has 106 valence electrons. The van der Waals surface area contributed by atoms with Crippen molar-refractivity contribution >= 4 is 0 Å². The lowest BCUT2D eigenvalue weighted by Gasteiger charge is -2.20. The molecule has 0 spiro atoms. The van der Waals surface area contributed by atoms with Crippen LogP contribution in [0.4, 0.5) is 0 Å². The maximum absolute atomic E-state index is 4.57. The third-order valence-corrected chi connectivity index (χ3v) is 3.41. The quantitative estimate of drug-likeness (QED) is 0.853. The van der Waals surface area contributed by atoms with Crippen LogP contribution in [0.5, 0.6) is 0 Å². The molecule has 19 heavy (non-hydrogen) atoms. The highest BCUT2D eigenvalue weighted by Crippen LogP contribution is 2.29. The molecular formula is C16H27N3. The maximum atomic E-state index is 4.57. The van der Waals surface area contributed by atoms with Crippen LogP contribution < -0.4 is 5.32 Å². The van der Waals surface area contributed by atoms with Crippen molar-refractivity contribution in [1.29, 1.82) is 0 Å². The number of aromatic nitrogens is 1. The lowest BCUT2D eigenvalue weighted by atomic mass is 10.1. The van der Waals surface area contributed by atoms with E-state index in [2.05, 4.69) is 55.2 Å². The fourth-order valence-electron chi connectivity index (χ4n) is 2.10. The van der Waals surface area contributed by atoms with Crippen molar-refractivity contribution in [2.75, 3.05) is 13.6 Å². The summed E-state index contributed by atoms with van der Waals surface area (Å²) in [5.41, 5.74) is 2.58. The van der Waals surface area contributed by atoms with Gasteiger partial charge in [-0.1, -0.05) is 6.07 Å². The molecule has 3 heteroatoms. The summed E-state index contributed by atoms with van der Waals surface area (Å²) in [6, 6.07) is 4.34. The third kappa shape index (κ3) is 5.70. The van der Waals surface area contributed by atoms with Gasteiger partial charge in [0.05, 0.1) is 5.69 Å². The first-order valence-electron chi connectivity index (χ1n) is 7.30. The van der Waals surface area contributed by atoms with Crippen molar-refractivity contribution in [1.82, 2.24) is 15.2 Å².